The number of anilines is 1. The van der Waals surface area contributed by atoms with Gasteiger partial charge in [0.15, 0.2) is 11.5 Å². The van der Waals surface area contributed by atoms with E-state index in [2.05, 4.69) is 39.6 Å². The summed E-state index contributed by atoms with van der Waals surface area (Å²) in [6, 6.07) is 16.6. The fraction of sp³-hybridized carbons (Fsp3) is 0.297. The van der Waals surface area contributed by atoms with Crippen LogP contribution in [0, 0.1) is 11.8 Å². The molecular weight excluding hydrogens is 566 g/mol. The smallest absolute Gasteiger partial charge is 0.160 e. The number of fused-ring (bicyclic) bond motifs is 2. The average molecular weight is 606 g/mol. The summed E-state index contributed by atoms with van der Waals surface area (Å²) in [4.78, 5) is 34.0. The normalized spacial score (nSPS) is 18.8. The van der Waals surface area contributed by atoms with E-state index in [9.17, 15) is 19.8 Å². The zero-order valence-electron chi connectivity index (χ0n) is 25.4. The molecule has 2 aromatic heterocycles. The largest absolute Gasteiger partial charge is 0.507 e. The molecule has 0 saturated carbocycles. The minimum atomic E-state index is -0.457. The molecule has 0 aliphatic heterocycles. The zero-order valence-corrected chi connectivity index (χ0v) is 25.4. The molecule has 8 nitrogen and oxygen atoms in total. The topological polar surface area (TPSA) is 127 Å². The first-order valence-corrected chi connectivity index (χ1v) is 15.5. The summed E-state index contributed by atoms with van der Waals surface area (Å²) in [5, 5.41) is 23.8. The van der Waals surface area contributed by atoms with Crippen molar-refractivity contribution in [1.82, 2.24) is 9.97 Å². The lowest BCUT2D eigenvalue weighted by Crippen LogP contribution is -2.32. The number of H-pyrrole nitrogens is 2. The molecule has 3 atom stereocenters. The maximum absolute atomic E-state index is 14.2. The Balaban J connectivity index is 1.23. The molecule has 2 aromatic carbocycles. The molecule has 8 heteroatoms. The molecule has 0 spiro atoms. The third kappa shape index (κ3) is 6.75. The number of nitrogens with one attached hydrogen (secondary N) is 3. The standard InChI is InChI=1S/C37H39N3O5/c1-45-35-19-24(10-14-33(35)43)8-12-27(41)21-34(44)37-26(22-40-36-6-3-16-39-36)20-31-29(15-17-38-31)30(37)18-23-7-11-25-4-2-5-32(42)28(25)13-9-23/h2-6,9-10,13-17,19-20,23,30,37-40,42-43H,7-8,11-12,18,21-22H2,1H3/t23-,30+,37-/m1/s1. The van der Waals surface area contributed by atoms with E-state index in [-0.39, 0.29) is 47.7 Å². The number of rotatable bonds is 12. The number of allylic oxidation sites excluding steroid dienone is 1. The second-order valence-electron chi connectivity index (χ2n) is 12.0. The number of phenols is 2. The lowest BCUT2D eigenvalue weighted by Gasteiger charge is -2.34. The number of aryl methyl sites for hydroxylation is 2. The number of benzene rings is 2. The van der Waals surface area contributed by atoms with Crippen molar-refractivity contribution in [2.45, 2.75) is 44.4 Å². The van der Waals surface area contributed by atoms with Gasteiger partial charge in [-0.3, -0.25) is 9.59 Å². The number of carbonyl (C=O) groups is 2. The number of hydrogen-bond acceptors (Lipinski definition) is 6. The third-order valence-corrected chi connectivity index (χ3v) is 9.13. The van der Waals surface area contributed by atoms with Crippen molar-refractivity contribution < 1.29 is 24.5 Å². The van der Waals surface area contributed by atoms with Crippen molar-refractivity contribution in [3.8, 4) is 17.2 Å². The Hall–Kier alpha value is -4.98. The Morgan fingerprint density at radius 2 is 1.91 bits per heavy atom. The van der Waals surface area contributed by atoms with Crippen LogP contribution < -0.4 is 10.1 Å². The number of aromatic nitrogens is 2. The van der Waals surface area contributed by atoms with Crippen LogP contribution in [-0.2, 0) is 22.4 Å². The summed E-state index contributed by atoms with van der Waals surface area (Å²) in [6.07, 6.45) is 13.0. The lowest BCUT2D eigenvalue weighted by molar-refractivity contribution is -0.129. The Labute approximate surface area is 262 Å². The Morgan fingerprint density at radius 3 is 2.73 bits per heavy atom. The zero-order chi connectivity index (χ0) is 31.3. The quantitative estimate of drug-likeness (QED) is 0.113. The highest BCUT2D eigenvalue weighted by Gasteiger charge is 2.38. The summed E-state index contributed by atoms with van der Waals surface area (Å²) >= 11 is 0. The number of phenolic OH excluding ortho intramolecular Hbond substituents is 2. The monoisotopic (exact) mass is 605 g/mol. The maximum Gasteiger partial charge on any atom is 0.160 e. The first-order valence-electron chi connectivity index (χ1n) is 15.5. The predicted octanol–water partition coefficient (Wildman–Crippen LogP) is 6.80. The summed E-state index contributed by atoms with van der Waals surface area (Å²) in [5.41, 5.74) is 5.90. The van der Waals surface area contributed by atoms with Crippen LogP contribution in [0.15, 0.2) is 78.6 Å². The number of carbonyl (C=O) groups excluding carboxylic acids is 2. The summed E-state index contributed by atoms with van der Waals surface area (Å²) in [7, 11) is 1.49. The van der Waals surface area contributed by atoms with Crippen LogP contribution in [0.25, 0.3) is 12.2 Å². The van der Waals surface area contributed by atoms with Crippen LogP contribution in [0.2, 0.25) is 0 Å². The molecule has 0 saturated heterocycles. The van der Waals surface area contributed by atoms with E-state index in [1.54, 1.807) is 24.3 Å². The van der Waals surface area contributed by atoms with Gasteiger partial charge in [0, 0.05) is 48.5 Å². The first kappa shape index (κ1) is 30.1. The van der Waals surface area contributed by atoms with E-state index in [0.717, 1.165) is 58.6 Å². The lowest BCUT2D eigenvalue weighted by atomic mass is 9.69. The molecule has 2 heterocycles. The van der Waals surface area contributed by atoms with E-state index in [0.29, 0.717) is 18.7 Å². The molecule has 5 N–H and O–H groups in total. The van der Waals surface area contributed by atoms with Crippen molar-refractivity contribution in [1.29, 1.82) is 0 Å². The van der Waals surface area contributed by atoms with Gasteiger partial charge in [-0.05, 0) is 96.3 Å². The number of ether oxygens (including phenoxy) is 1. The maximum atomic E-state index is 14.2. The molecule has 0 unspecified atom stereocenters. The Bertz CT molecular complexity index is 1730. The number of ketones is 2. The molecule has 4 aromatic rings. The Kier molecular flexibility index (Phi) is 8.91. The van der Waals surface area contributed by atoms with Crippen molar-refractivity contribution >= 4 is 29.5 Å². The van der Waals surface area contributed by atoms with Gasteiger partial charge in [-0.2, -0.15) is 0 Å². The molecule has 45 heavy (non-hydrogen) atoms. The number of aromatic amines is 2. The molecule has 0 radical (unpaired) electrons. The van der Waals surface area contributed by atoms with Gasteiger partial charge in [0.2, 0.25) is 0 Å². The van der Waals surface area contributed by atoms with Crippen molar-refractivity contribution in [3.63, 3.8) is 0 Å². The summed E-state index contributed by atoms with van der Waals surface area (Å²) in [5.74, 6) is 0.999. The van der Waals surface area contributed by atoms with Gasteiger partial charge in [-0.25, -0.2) is 0 Å². The molecule has 0 bridgehead atoms. The van der Waals surface area contributed by atoms with E-state index in [1.165, 1.54) is 7.11 Å². The van der Waals surface area contributed by atoms with Gasteiger partial charge >= 0.3 is 0 Å². The van der Waals surface area contributed by atoms with Gasteiger partial charge in [-0.15, -0.1) is 0 Å². The average Bonchev–Trinajstić information content (AvgIpc) is 3.69. The van der Waals surface area contributed by atoms with Crippen molar-refractivity contribution in [2.24, 2.45) is 11.8 Å². The van der Waals surface area contributed by atoms with Gasteiger partial charge in [-0.1, -0.05) is 30.4 Å². The van der Waals surface area contributed by atoms with Crippen LogP contribution in [-0.4, -0.2) is 45.4 Å². The highest BCUT2D eigenvalue weighted by molar-refractivity contribution is 6.02. The minimum absolute atomic E-state index is 0.0479. The fourth-order valence-corrected chi connectivity index (χ4v) is 6.80. The van der Waals surface area contributed by atoms with Crippen molar-refractivity contribution in [3.05, 3.63) is 107 Å². The summed E-state index contributed by atoms with van der Waals surface area (Å²) in [6.45, 7) is 0.465. The van der Waals surface area contributed by atoms with Crippen LogP contribution in [0.5, 0.6) is 17.2 Å². The number of Topliss-reactive ketones (excluding diaryl/α,β-unsaturated/α-hetero) is 2. The first-order chi connectivity index (χ1) is 21.9. The molecule has 2 aliphatic rings. The summed E-state index contributed by atoms with van der Waals surface area (Å²) < 4.78 is 5.20. The van der Waals surface area contributed by atoms with E-state index in [1.807, 2.05) is 36.7 Å². The molecule has 2 aliphatic carbocycles. The molecule has 6 rings (SSSR count). The SMILES string of the molecule is COc1cc(CCC(=O)CC(=O)[C@@H]2C(CNc3ccc[nH]3)=Cc3[nH]ccc3[C@@H]2C[C@H]2C=Cc3c(O)cccc3CC2)ccc1O. The van der Waals surface area contributed by atoms with Crippen LogP contribution in [0.4, 0.5) is 5.82 Å². The molecule has 232 valence electrons. The van der Waals surface area contributed by atoms with Gasteiger partial charge in [0.05, 0.1) is 13.5 Å². The van der Waals surface area contributed by atoms with E-state index < -0.39 is 5.92 Å². The predicted molar refractivity (Wildman–Crippen MR) is 175 cm³/mol. The van der Waals surface area contributed by atoms with Crippen molar-refractivity contribution in [2.75, 3.05) is 19.0 Å². The van der Waals surface area contributed by atoms with Crippen LogP contribution >= 0.6 is 0 Å². The van der Waals surface area contributed by atoms with E-state index >= 15 is 0 Å². The highest BCUT2D eigenvalue weighted by atomic mass is 16.5. The molecule has 0 amide bonds. The van der Waals surface area contributed by atoms with E-state index in [4.69, 9.17) is 4.74 Å². The number of methoxy groups -OCH3 is 1. The van der Waals surface area contributed by atoms with Gasteiger partial charge in [0.25, 0.3) is 0 Å². The number of hydrogen-bond donors (Lipinski definition) is 5. The second-order valence-corrected chi connectivity index (χ2v) is 12.0. The number of aromatic hydroxyl groups is 2. The second kappa shape index (κ2) is 13.3. The van der Waals surface area contributed by atoms with Gasteiger partial charge < -0.3 is 30.2 Å². The molecular formula is C37H39N3O5. The third-order valence-electron chi connectivity index (χ3n) is 9.13. The fourth-order valence-electron chi connectivity index (χ4n) is 6.80. The van der Waals surface area contributed by atoms with Crippen LogP contribution in [0.1, 0.15) is 59.5 Å². The molecule has 0 fully saturated rings. The Morgan fingerprint density at radius 1 is 1.02 bits per heavy atom. The minimum Gasteiger partial charge on any atom is -0.507 e. The van der Waals surface area contributed by atoms with Gasteiger partial charge in [0.1, 0.15) is 23.1 Å². The van der Waals surface area contributed by atoms with Crippen LogP contribution in [0.3, 0.4) is 0 Å². The highest BCUT2D eigenvalue weighted by Crippen LogP contribution is 2.44.